The van der Waals surface area contributed by atoms with Gasteiger partial charge in [0.2, 0.25) is 5.95 Å². The molecule has 7 atom stereocenters. The van der Waals surface area contributed by atoms with E-state index < -0.39 is 48.4 Å². The van der Waals surface area contributed by atoms with Crippen molar-refractivity contribution in [3.63, 3.8) is 0 Å². The fourth-order valence-electron chi connectivity index (χ4n) is 5.63. The minimum Gasteiger partial charge on any atom is -0.462 e. The maximum atomic E-state index is 16.8. The molecule has 1 aliphatic carbocycles. The van der Waals surface area contributed by atoms with Crippen LogP contribution in [0, 0.1) is 0 Å². The zero-order valence-electron chi connectivity index (χ0n) is 25.5. The molecule has 6 rings (SSSR count). The van der Waals surface area contributed by atoms with Crippen molar-refractivity contribution < 1.29 is 32.8 Å². The number of nitrogen functional groups attached to an aromatic ring is 1. The van der Waals surface area contributed by atoms with Crippen LogP contribution in [0.5, 0.6) is 5.75 Å². The van der Waals surface area contributed by atoms with Crippen molar-refractivity contribution in [3.05, 3.63) is 48.8 Å². The van der Waals surface area contributed by atoms with Gasteiger partial charge in [0.25, 0.3) is 0 Å². The van der Waals surface area contributed by atoms with Crippen LogP contribution in [0.3, 0.4) is 0 Å². The number of imidazole rings is 1. The van der Waals surface area contributed by atoms with Gasteiger partial charge in [-0.05, 0) is 51.0 Å². The van der Waals surface area contributed by atoms with Crippen molar-refractivity contribution in [2.75, 3.05) is 24.7 Å². The van der Waals surface area contributed by atoms with E-state index in [1.54, 1.807) is 51.9 Å². The number of alkyl halides is 1. The summed E-state index contributed by atoms with van der Waals surface area (Å²) < 4.78 is 42.2. The van der Waals surface area contributed by atoms with E-state index in [1.807, 2.05) is 30.3 Å². The summed E-state index contributed by atoms with van der Waals surface area (Å²) >= 11 is 5.91. The fourth-order valence-corrected chi connectivity index (χ4v) is 8.35. The topological polar surface area (TPSA) is 159 Å². The lowest BCUT2D eigenvalue weighted by Crippen LogP contribution is -2.45. The van der Waals surface area contributed by atoms with Gasteiger partial charge in [0, 0.05) is 19.5 Å². The van der Waals surface area contributed by atoms with Crippen LogP contribution in [-0.4, -0.2) is 80.3 Å². The molecule has 2 unspecified atom stereocenters. The van der Waals surface area contributed by atoms with Gasteiger partial charge in [-0.1, -0.05) is 36.4 Å². The molecule has 1 saturated carbocycles. The molecule has 0 bridgehead atoms. The Hall–Kier alpha value is -3.46. The second kappa shape index (κ2) is 11.1. The lowest BCUT2D eigenvalue weighted by atomic mass is 9.97. The van der Waals surface area contributed by atoms with Gasteiger partial charge in [-0.25, -0.2) is 14.5 Å². The smallest absolute Gasteiger partial charge is 0.323 e. The van der Waals surface area contributed by atoms with Gasteiger partial charge >= 0.3 is 12.6 Å². The second-order valence-corrected chi connectivity index (χ2v) is 15.0. The Balaban J connectivity index is 1.30. The van der Waals surface area contributed by atoms with Crippen molar-refractivity contribution in [3.8, 4) is 5.75 Å². The summed E-state index contributed by atoms with van der Waals surface area (Å²) in [5.41, 5.74) is 2.04. The Labute approximate surface area is 264 Å². The molecule has 0 amide bonds. The van der Waals surface area contributed by atoms with Crippen LogP contribution in [0.4, 0.5) is 16.2 Å². The SMILES string of the molecule is CC(C)OC(=O)[C@@H](C)NP(=S)(Oc1cccc2ccccc12)OC1[C@H]2O[C@@H](n3cnc4c(N(C)C)nc(N)nc43)[C@](C)(F)[C@@]12O. The van der Waals surface area contributed by atoms with E-state index >= 15 is 4.39 Å². The molecule has 1 aliphatic heterocycles. The predicted octanol–water partition coefficient (Wildman–Crippen LogP) is 3.62. The Kier molecular flexibility index (Phi) is 7.78. The number of rotatable bonds is 10. The number of nitrogens with two attached hydrogens (primary N) is 1. The lowest BCUT2D eigenvalue weighted by molar-refractivity contribution is -0.149. The molecule has 45 heavy (non-hydrogen) atoms. The van der Waals surface area contributed by atoms with Crippen LogP contribution in [0.15, 0.2) is 48.8 Å². The third kappa shape index (κ3) is 5.30. The number of aliphatic hydroxyl groups is 1. The van der Waals surface area contributed by atoms with Gasteiger partial charge in [0.15, 0.2) is 34.5 Å². The molecule has 16 heteroatoms. The van der Waals surface area contributed by atoms with Crippen LogP contribution in [0.1, 0.15) is 33.9 Å². The third-order valence-electron chi connectivity index (χ3n) is 7.93. The quantitative estimate of drug-likeness (QED) is 0.168. The molecule has 2 fully saturated rings. The summed E-state index contributed by atoms with van der Waals surface area (Å²) in [4.78, 5) is 27.3. The van der Waals surface area contributed by atoms with Gasteiger partial charge < -0.3 is 29.7 Å². The lowest BCUT2D eigenvalue weighted by Gasteiger charge is -2.33. The number of aromatic nitrogens is 4. The highest BCUT2D eigenvalue weighted by Gasteiger charge is 2.85. The number of hydrogen-bond acceptors (Lipinski definition) is 12. The molecule has 0 spiro atoms. The number of carbonyl (C=O) groups is 1. The minimum atomic E-state index is -3.67. The molecule has 3 heterocycles. The molecule has 4 N–H and O–H groups in total. The summed E-state index contributed by atoms with van der Waals surface area (Å²) in [7, 11) is 3.54. The Morgan fingerprint density at radius 2 is 1.93 bits per heavy atom. The van der Waals surface area contributed by atoms with Crippen LogP contribution in [-0.2, 0) is 30.6 Å². The molecule has 4 aromatic rings. The summed E-state index contributed by atoms with van der Waals surface area (Å²) in [6.45, 7) is 2.56. The predicted molar refractivity (Wildman–Crippen MR) is 170 cm³/mol. The largest absolute Gasteiger partial charge is 0.462 e. The van der Waals surface area contributed by atoms with Crippen molar-refractivity contribution in [2.24, 2.45) is 0 Å². The molecular formula is C29H35FN7O6PS. The number of halogens is 1. The van der Waals surface area contributed by atoms with E-state index in [0.717, 1.165) is 10.8 Å². The number of hydrogen-bond donors (Lipinski definition) is 3. The number of ether oxygens (including phenoxy) is 2. The average Bonchev–Trinajstić information content (AvgIpc) is 3.21. The highest BCUT2D eigenvalue weighted by atomic mass is 32.5. The van der Waals surface area contributed by atoms with Crippen LogP contribution in [0.2, 0.25) is 0 Å². The minimum absolute atomic E-state index is 0.0287. The maximum absolute atomic E-state index is 16.8. The Bertz CT molecular complexity index is 1830. The highest BCUT2D eigenvalue weighted by molar-refractivity contribution is 8.09. The summed E-state index contributed by atoms with van der Waals surface area (Å²) in [5.74, 6) is 0.240. The number of esters is 1. The van der Waals surface area contributed by atoms with Gasteiger partial charge in [-0.2, -0.15) is 9.97 Å². The van der Waals surface area contributed by atoms with Gasteiger partial charge in [0.05, 0.1) is 12.4 Å². The molecule has 13 nitrogen and oxygen atoms in total. The van der Waals surface area contributed by atoms with Gasteiger partial charge in [-0.15, -0.1) is 0 Å². The number of benzene rings is 2. The first kappa shape index (κ1) is 31.5. The second-order valence-electron chi connectivity index (χ2n) is 11.9. The average molecular weight is 660 g/mol. The third-order valence-corrected chi connectivity index (χ3v) is 10.4. The first-order valence-electron chi connectivity index (χ1n) is 14.3. The van der Waals surface area contributed by atoms with Gasteiger partial charge in [-0.3, -0.25) is 13.9 Å². The maximum Gasteiger partial charge on any atom is 0.323 e. The first-order valence-corrected chi connectivity index (χ1v) is 17.0. The normalized spacial score (nSPS) is 27.7. The van der Waals surface area contributed by atoms with E-state index in [0.29, 0.717) is 17.1 Å². The molecule has 2 aromatic carbocycles. The standard InChI is InChI=1S/C29H35FN7O6PS/c1-15(2)40-25(38)16(3)35-44(45,42-19-13-9-11-17-10-7-8-12-18(17)19)43-22-21-29(22,39)28(4,30)26(41-21)37-14-32-20-23(36(5)6)33-27(31)34-24(20)37/h7-16,21-22,26,39H,1-6H3,(H,35,45)(H2,31,33,34)/t16-,21-,22?,26-,28+,29+,44?/m1/s1. The zero-order chi connectivity index (χ0) is 32.5. The van der Waals surface area contributed by atoms with E-state index in [-0.39, 0.29) is 17.7 Å². The fraction of sp³-hybridized carbons (Fsp3) is 0.448. The molecular weight excluding hydrogens is 624 g/mol. The summed E-state index contributed by atoms with van der Waals surface area (Å²) in [6, 6.07) is 12.0. The molecule has 0 radical (unpaired) electrons. The van der Waals surface area contributed by atoms with E-state index in [4.69, 9.17) is 36.1 Å². The van der Waals surface area contributed by atoms with Crippen molar-refractivity contribution in [2.45, 2.75) is 69.5 Å². The Morgan fingerprint density at radius 1 is 1.22 bits per heavy atom. The summed E-state index contributed by atoms with van der Waals surface area (Å²) in [6.07, 6.45) is -2.67. The number of nitrogens with one attached hydrogen (secondary N) is 1. The number of fused-ring (bicyclic) bond motifs is 3. The van der Waals surface area contributed by atoms with E-state index in [9.17, 15) is 9.90 Å². The number of nitrogens with zero attached hydrogens (tertiary/aromatic N) is 5. The van der Waals surface area contributed by atoms with E-state index in [2.05, 4.69) is 20.0 Å². The van der Waals surface area contributed by atoms with Crippen molar-refractivity contribution in [1.29, 1.82) is 0 Å². The van der Waals surface area contributed by atoms with E-state index in [1.165, 1.54) is 17.8 Å². The van der Waals surface area contributed by atoms with Crippen LogP contribution < -0.4 is 20.2 Å². The molecule has 240 valence electrons. The monoisotopic (exact) mass is 659 g/mol. The Morgan fingerprint density at radius 3 is 2.60 bits per heavy atom. The number of carbonyl (C=O) groups excluding carboxylic acids is 1. The highest BCUT2D eigenvalue weighted by Crippen LogP contribution is 2.66. The summed E-state index contributed by atoms with van der Waals surface area (Å²) in [5, 5.41) is 16.3. The van der Waals surface area contributed by atoms with Crippen molar-refractivity contribution in [1.82, 2.24) is 24.6 Å². The zero-order valence-corrected chi connectivity index (χ0v) is 27.3. The van der Waals surface area contributed by atoms with Crippen LogP contribution in [0.25, 0.3) is 21.9 Å². The molecule has 2 aliphatic rings. The van der Waals surface area contributed by atoms with Gasteiger partial charge in [0.1, 0.15) is 24.0 Å². The molecule has 1 saturated heterocycles. The first-order chi connectivity index (χ1) is 21.2. The number of anilines is 2. The van der Waals surface area contributed by atoms with Crippen molar-refractivity contribution >= 4 is 58.1 Å². The molecule has 2 aromatic heterocycles. The van der Waals surface area contributed by atoms with Crippen LogP contribution >= 0.6 is 6.64 Å².